The van der Waals surface area contributed by atoms with Crippen molar-refractivity contribution in [3.63, 3.8) is 0 Å². The second-order valence-electron chi connectivity index (χ2n) is 4.17. The second kappa shape index (κ2) is 6.19. The fourth-order valence-electron chi connectivity index (χ4n) is 1.69. The van der Waals surface area contributed by atoms with Gasteiger partial charge in [-0.15, -0.1) is 0 Å². The molecule has 0 saturated carbocycles. The lowest BCUT2D eigenvalue weighted by molar-refractivity contribution is -0.384. The smallest absolute Gasteiger partial charge is 0.288 e. The fourth-order valence-corrected chi connectivity index (χ4v) is 2.35. The van der Waals surface area contributed by atoms with E-state index in [0.717, 1.165) is 0 Å². The zero-order valence-corrected chi connectivity index (χ0v) is 13.1. The molecule has 0 unspecified atom stereocenters. The average Bonchev–Trinajstić information content (AvgIpc) is 2.42. The first-order chi connectivity index (χ1) is 9.90. The van der Waals surface area contributed by atoms with E-state index in [1.165, 1.54) is 12.1 Å². The standard InChI is InChI=1S/C13H9BrClN3O3/c1-7-5-11(18(20)21)9(15)6-10(7)17-13(19)8-3-2-4-16-12(8)14/h2-6H,1H3,(H,17,19). The van der Waals surface area contributed by atoms with E-state index in [-0.39, 0.29) is 16.6 Å². The molecule has 0 atom stereocenters. The molecule has 0 aliphatic heterocycles. The van der Waals surface area contributed by atoms with Gasteiger partial charge in [0.2, 0.25) is 0 Å². The van der Waals surface area contributed by atoms with Gasteiger partial charge in [-0.2, -0.15) is 0 Å². The molecule has 21 heavy (non-hydrogen) atoms. The van der Waals surface area contributed by atoms with Crippen LogP contribution in [0.4, 0.5) is 11.4 Å². The van der Waals surface area contributed by atoms with Crippen LogP contribution in [0.3, 0.4) is 0 Å². The van der Waals surface area contributed by atoms with Crippen LogP contribution in [0.1, 0.15) is 15.9 Å². The Bertz CT molecular complexity index is 737. The average molecular weight is 371 g/mol. The Morgan fingerprint density at radius 2 is 2.19 bits per heavy atom. The summed E-state index contributed by atoms with van der Waals surface area (Å²) in [6, 6.07) is 5.91. The fraction of sp³-hybridized carbons (Fsp3) is 0.0769. The molecule has 2 aromatic rings. The Morgan fingerprint density at radius 3 is 2.81 bits per heavy atom. The number of hydrogen-bond donors (Lipinski definition) is 1. The van der Waals surface area contributed by atoms with Crippen molar-refractivity contribution in [1.82, 2.24) is 4.98 Å². The highest BCUT2D eigenvalue weighted by molar-refractivity contribution is 9.10. The summed E-state index contributed by atoms with van der Waals surface area (Å²) >= 11 is 9.03. The van der Waals surface area contributed by atoms with Crippen molar-refractivity contribution in [3.8, 4) is 0 Å². The zero-order valence-electron chi connectivity index (χ0n) is 10.8. The van der Waals surface area contributed by atoms with Gasteiger partial charge in [0.05, 0.1) is 10.5 Å². The number of nitro groups is 1. The third kappa shape index (κ3) is 3.37. The number of anilines is 1. The van der Waals surface area contributed by atoms with Crippen molar-refractivity contribution in [2.45, 2.75) is 6.92 Å². The Balaban J connectivity index is 2.32. The number of carbonyl (C=O) groups is 1. The predicted octanol–water partition coefficient (Wildman–Crippen LogP) is 3.97. The topological polar surface area (TPSA) is 85.1 Å². The minimum Gasteiger partial charge on any atom is -0.322 e. The molecule has 0 fully saturated rings. The minimum absolute atomic E-state index is 0.0360. The van der Waals surface area contributed by atoms with E-state index in [9.17, 15) is 14.9 Å². The Morgan fingerprint density at radius 1 is 1.48 bits per heavy atom. The molecular weight excluding hydrogens is 362 g/mol. The predicted molar refractivity (Wildman–Crippen MR) is 82.7 cm³/mol. The minimum atomic E-state index is -0.571. The number of nitrogens with zero attached hydrogens (tertiary/aromatic N) is 2. The first-order valence-electron chi connectivity index (χ1n) is 5.76. The summed E-state index contributed by atoms with van der Waals surface area (Å²) in [6.07, 6.45) is 1.55. The largest absolute Gasteiger partial charge is 0.322 e. The summed E-state index contributed by atoms with van der Waals surface area (Å²) in [7, 11) is 0. The molecule has 1 heterocycles. The van der Waals surface area contributed by atoms with Crippen LogP contribution in [0.25, 0.3) is 0 Å². The van der Waals surface area contributed by atoms with Crippen molar-refractivity contribution >= 4 is 44.8 Å². The van der Waals surface area contributed by atoms with Gasteiger partial charge in [0.1, 0.15) is 9.63 Å². The van der Waals surface area contributed by atoms with Gasteiger partial charge in [-0.25, -0.2) is 4.98 Å². The summed E-state index contributed by atoms with van der Waals surface area (Å²) in [6.45, 7) is 1.65. The molecule has 1 aromatic carbocycles. The van der Waals surface area contributed by atoms with Crippen LogP contribution in [0.2, 0.25) is 5.02 Å². The maximum Gasteiger partial charge on any atom is 0.288 e. The summed E-state index contributed by atoms with van der Waals surface area (Å²) in [5.41, 5.74) is 1.10. The molecule has 0 saturated heterocycles. The molecule has 6 nitrogen and oxygen atoms in total. The first-order valence-corrected chi connectivity index (χ1v) is 6.93. The SMILES string of the molecule is Cc1cc([N+](=O)[O-])c(Cl)cc1NC(=O)c1cccnc1Br. The number of pyridine rings is 1. The van der Waals surface area contributed by atoms with Crippen molar-refractivity contribution in [2.75, 3.05) is 5.32 Å². The molecule has 0 bridgehead atoms. The van der Waals surface area contributed by atoms with Gasteiger partial charge in [0.15, 0.2) is 0 Å². The third-order valence-corrected chi connectivity index (χ3v) is 3.68. The van der Waals surface area contributed by atoms with Crippen LogP contribution >= 0.6 is 27.5 Å². The number of hydrogen-bond acceptors (Lipinski definition) is 4. The lowest BCUT2D eigenvalue weighted by atomic mass is 10.1. The molecule has 1 amide bonds. The number of rotatable bonds is 3. The van der Waals surface area contributed by atoms with Crippen LogP contribution in [0, 0.1) is 17.0 Å². The molecule has 0 spiro atoms. The molecule has 0 aliphatic carbocycles. The Labute approximate surface area is 133 Å². The number of nitro benzene ring substituents is 1. The Kier molecular flexibility index (Phi) is 4.54. The number of benzene rings is 1. The summed E-state index contributed by atoms with van der Waals surface area (Å²) in [4.78, 5) is 26.3. The maximum absolute atomic E-state index is 12.2. The highest BCUT2D eigenvalue weighted by atomic mass is 79.9. The van der Waals surface area contributed by atoms with Crippen LogP contribution in [-0.4, -0.2) is 15.8 Å². The van der Waals surface area contributed by atoms with Crippen molar-refractivity contribution < 1.29 is 9.72 Å². The molecule has 2 rings (SSSR count). The molecule has 1 aromatic heterocycles. The van der Waals surface area contributed by atoms with E-state index >= 15 is 0 Å². The number of aromatic nitrogens is 1. The monoisotopic (exact) mass is 369 g/mol. The number of aryl methyl sites for hydroxylation is 1. The van der Waals surface area contributed by atoms with Crippen molar-refractivity contribution in [2.24, 2.45) is 0 Å². The van der Waals surface area contributed by atoms with E-state index in [0.29, 0.717) is 21.4 Å². The van der Waals surface area contributed by atoms with E-state index in [1.807, 2.05) is 0 Å². The number of amides is 1. The molecule has 0 aliphatic rings. The van der Waals surface area contributed by atoms with Crippen LogP contribution in [0.5, 0.6) is 0 Å². The molecule has 108 valence electrons. The van der Waals surface area contributed by atoms with Gasteiger partial charge in [-0.1, -0.05) is 11.6 Å². The molecule has 8 heteroatoms. The lowest BCUT2D eigenvalue weighted by Crippen LogP contribution is -2.14. The van der Waals surface area contributed by atoms with Gasteiger partial charge < -0.3 is 5.32 Å². The second-order valence-corrected chi connectivity index (χ2v) is 5.33. The molecule has 0 radical (unpaired) electrons. The Hall–Kier alpha value is -1.99. The first kappa shape index (κ1) is 15.4. The van der Waals surface area contributed by atoms with Crippen molar-refractivity contribution in [1.29, 1.82) is 0 Å². The highest BCUT2D eigenvalue weighted by Crippen LogP contribution is 2.31. The van der Waals surface area contributed by atoms with Gasteiger partial charge in [0, 0.05) is 18.0 Å². The zero-order chi connectivity index (χ0) is 15.6. The van der Waals surface area contributed by atoms with E-state index in [2.05, 4.69) is 26.2 Å². The summed E-state index contributed by atoms with van der Waals surface area (Å²) in [5, 5.41) is 13.4. The van der Waals surface area contributed by atoms with Gasteiger partial charge in [-0.3, -0.25) is 14.9 Å². The quantitative estimate of drug-likeness (QED) is 0.503. The third-order valence-electron chi connectivity index (χ3n) is 2.74. The normalized spacial score (nSPS) is 10.2. The molecular formula is C13H9BrClN3O3. The summed E-state index contributed by atoms with van der Waals surface area (Å²) < 4.78 is 0.410. The van der Waals surface area contributed by atoms with Crippen LogP contribution in [0.15, 0.2) is 35.1 Å². The van der Waals surface area contributed by atoms with Gasteiger partial charge in [-0.05, 0) is 46.6 Å². The maximum atomic E-state index is 12.2. The van der Waals surface area contributed by atoms with Crippen LogP contribution in [-0.2, 0) is 0 Å². The van der Waals surface area contributed by atoms with E-state index < -0.39 is 4.92 Å². The van der Waals surface area contributed by atoms with E-state index in [4.69, 9.17) is 11.6 Å². The van der Waals surface area contributed by atoms with E-state index in [1.54, 1.807) is 25.3 Å². The lowest BCUT2D eigenvalue weighted by Gasteiger charge is -2.10. The number of nitrogens with one attached hydrogen (secondary N) is 1. The number of halogens is 2. The van der Waals surface area contributed by atoms with Gasteiger partial charge >= 0.3 is 0 Å². The molecule has 1 N–H and O–H groups in total. The van der Waals surface area contributed by atoms with Crippen molar-refractivity contribution in [3.05, 3.63) is 61.3 Å². The summed E-state index contributed by atoms with van der Waals surface area (Å²) in [5.74, 6) is -0.386. The van der Waals surface area contributed by atoms with Gasteiger partial charge in [0.25, 0.3) is 11.6 Å². The highest BCUT2D eigenvalue weighted by Gasteiger charge is 2.17. The number of carbonyl (C=O) groups excluding carboxylic acids is 1. The van der Waals surface area contributed by atoms with Crippen LogP contribution < -0.4 is 5.32 Å².